The van der Waals surface area contributed by atoms with Crippen LogP contribution in [0.4, 0.5) is 0 Å². The van der Waals surface area contributed by atoms with Crippen molar-refractivity contribution >= 4 is 23.0 Å². The Morgan fingerprint density at radius 1 is 1.24 bits per heavy atom. The lowest BCUT2D eigenvalue weighted by molar-refractivity contribution is 0.296. The van der Waals surface area contributed by atoms with Gasteiger partial charge in [0.05, 0.1) is 13.2 Å². The zero-order chi connectivity index (χ0) is 17.5. The molecular weight excluding hydrogens is 330 g/mol. The molecule has 1 aliphatic rings. The monoisotopic (exact) mass is 349 g/mol. The lowest BCUT2D eigenvalue weighted by atomic mass is 10.0. The minimum Gasteiger partial charge on any atom is -0.493 e. The highest BCUT2D eigenvalue weighted by atomic mass is 32.2. The molecule has 1 atom stereocenters. The molecule has 3 rings (SSSR count). The van der Waals surface area contributed by atoms with E-state index in [-0.39, 0.29) is 0 Å². The average molecular weight is 349 g/mol. The number of thioether (sulfide) groups is 1. The fourth-order valence-electron chi connectivity index (χ4n) is 2.47. The molecular formula is C20H19N3OS. The van der Waals surface area contributed by atoms with Crippen molar-refractivity contribution in [2.45, 2.75) is 12.8 Å². The van der Waals surface area contributed by atoms with Gasteiger partial charge in [-0.3, -0.25) is 10.3 Å². The van der Waals surface area contributed by atoms with E-state index < -0.39 is 0 Å². The highest BCUT2D eigenvalue weighted by Gasteiger charge is 2.12. The first-order chi connectivity index (χ1) is 12.2. The highest BCUT2D eigenvalue weighted by Crippen LogP contribution is 2.26. The number of aliphatic imine (C=N–C) groups is 1. The number of hydrogen-bond acceptors (Lipinski definition) is 5. The smallest absolute Gasteiger partial charge is 0.183 e. The van der Waals surface area contributed by atoms with E-state index in [0.29, 0.717) is 24.2 Å². The van der Waals surface area contributed by atoms with E-state index in [1.165, 1.54) is 17.3 Å². The third-order valence-corrected chi connectivity index (χ3v) is 4.78. The molecule has 5 heteroatoms. The quantitative estimate of drug-likeness (QED) is 0.643. The summed E-state index contributed by atoms with van der Waals surface area (Å²) < 4.78 is 5.90. The second kappa shape index (κ2) is 8.41. The van der Waals surface area contributed by atoms with Crippen LogP contribution in [0.2, 0.25) is 0 Å². The number of rotatable bonds is 5. The van der Waals surface area contributed by atoms with E-state index >= 15 is 0 Å². The molecule has 0 spiro atoms. The highest BCUT2D eigenvalue weighted by molar-refractivity contribution is 8.17. The maximum atomic E-state index is 8.61. The second-order valence-electron chi connectivity index (χ2n) is 5.76. The minimum atomic E-state index is 0.348. The first-order valence-corrected chi connectivity index (χ1v) is 8.92. The van der Waals surface area contributed by atoms with E-state index in [1.54, 1.807) is 0 Å². The molecule has 1 heterocycles. The molecule has 2 aromatic rings. The van der Waals surface area contributed by atoms with Gasteiger partial charge in [-0.2, -0.15) is 5.26 Å². The maximum Gasteiger partial charge on any atom is 0.183 e. The zero-order valence-electron chi connectivity index (χ0n) is 14.0. The molecule has 25 heavy (non-hydrogen) atoms. The number of hydrogen-bond donors (Lipinski definition) is 1. The van der Waals surface area contributed by atoms with Crippen molar-refractivity contribution in [2.24, 2.45) is 4.99 Å². The number of nitriles is 1. The summed E-state index contributed by atoms with van der Waals surface area (Å²) in [5, 5.41) is 11.8. The summed E-state index contributed by atoms with van der Waals surface area (Å²) in [4.78, 5) is 5.37. The van der Waals surface area contributed by atoms with Gasteiger partial charge in [-0.15, -0.1) is 0 Å². The standard InChI is InChI=1S/C20H19N3OS/c1-15(17-5-3-2-4-6-17)13-24-18-9-7-16(8-10-18)11-19-12-22-20(25-19)23-14-21/h2-11,15H,12-13H2,1H3,(H,22,23). The van der Waals surface area contributed by atoms with Crippen LogP contribution in [0, 0.1) is 11.5 Å². The van der Waals surface area contributed by atoms with Gasteiger partial charge >= 0.3 is 0 Å². The van der Waals surface area contributed by atoms with Gasteiger partial charge in [0.1, 0.15) is 5.75 Å². The third kappa shape index (κ3) is 4.88. The molecule has 1 aliphatic heterocycles. The van der Waals surface area contributed by atoms with Crippen molar-refractivity contribution < 1.29 is 4.74 Å². The van der Waals surface area contributed by atoms with Crippen LogP contribution in [0.15, 0.2) is 64.5 Å². The summed E-state index contributed by atoms with van der Waals surface area (Å²) in [7, 11) is 0. The van der Waals surface area contributed by atoms with Crippen LogP contribution < -0.4 is 10.1 Å². The van der Waals surface area contributed by atoms with Gasteiger partial charge < -0.3 is 4.74 Å². The van der Waals surface area contributed by atoms with Crippen LogP contribution in [-0.4, -0.2) is 18.3 Å². The van der Waals surface area contributed by atoms with Gasteiger partial charge in [-0.1, -0.05) is 61.2 Å². The minimum absolute atomic E-state index is 0.348. The summed E-state index contributed by atoms with van der Waals surface area (Å²) in [6, 6.07) is 18.4. The maximum absolute atomic E-state index is 8.61. The summed E-state index contributed by atoms with van der Waals surface area (Å²) >= 11 is 1.49. The largest absolute Gasteiger partial charge is 0.493 e. The van der Waals surface area contributed by atoms with Crippen LogP contribution in [-0.2, 0) is 0 Å². The molecule has 1 unspecified atom stereocenters. The first kappa shape index (κ1) is 17.1. The van der Waals surface area contributed by atoms with Crippen molar-refractivity contribution in [1.82, 2.24) is 5.32 Å². The Morgan fingerprint density at radius 3 is 2.72 bits per heavy atom. The zero-order valence-corrected chi connectivity index (χ0v) is 14.8. The summed E-state index contributed by atoms with van der Waals surface area (Å²) in [6.07, 6.45) is 3.97. The van der Waals surface area contributed by atoms with Gasteiger partial charge in [-0.25, -0.2) is 0 Å². The van der Waals surface area contributed by atoms with Crippen molar-refractivity contribution in [3.8, 4) is 11.9 Å². The number of amidine groups is 1. The Hall–Kier alpha value is -2.71. The van der Waals surface area contributed by atoms with Crippen LogP contribution in [0.5, 0.6) is 5.75 Å². The Kier molecular flexibility index (Phi) is 5.76. The molecule has 0 aliphatic carbocycles. The third-order valence-electron chi connectivity index (χ3n) is 3.85. The van der Waals surface area contributed by atoms with Gasteiger partial charge in [0.15, 0.2) is 11.4 Å². The Balaban J connectivity index is 1.54. The van der Waals surface area contributed by atoms with Crippen LogP contribution in [0.25, 0.3) is 6.08 Å². The molecule has 0 amide bonds. The summed E-state index contributed by atoms with van der Waals surface area (Å²) in [5.74, 6) is 1.22. The molecule has 126 valence electrons. The predicted molar refractivity (Wildman–Crippen MR) is 103 cm³/mol. The predicted octanol–water partition coefficient (Wildman–Crippen LogP) is 4.38. The van der Waals surface area contributed by atoms with Crippen molar-refractivity contribution in [2.75, 3.05) is 13.2 Å². The summed E-state index contributed by atoms with van der Waals surface area (Å²) in [5.41, 5.74) is 2.38. The second-order valence-corrected chi connectivity index (χ2v) is 6.88. The lowest BCUT2D eigenvalue weighted by Gasteiger charge is -2.13. The van der Waals surface area contributed by atoms with Gasteiger partial charge in [0, 0.05) is 10.8 Å². The van der Waals surface area contributed by atoms with Gasteiger partial charge in [0.2, 0.25) is 0 Å². The first-order valence-electron chi connectivity index (χ1n) is 8.10. The van der Waals surface area contributed by atoms with Crippen LogP contribution in [0.1, 0.15) is 24.0 Å². The van der Waals surface area contributed by atoms with Crippen molar-refractivity contribution in [3.05, 3.63) is 70.6 Å². The van der Waals surface area contributed by atoms with E-state index in [1.807, 2.05) is 36.5 Å². The Bertz CT molecular complexity index is 807. The Labute approximate surface area is 152 Å². The van der Waals surface area contributed by atoms with Crippen molar-refractivity contribution in [1.29, 1.82) is 5.26 Å². The molecule has 2 aromatic carbocycles. The number of nitrogens with one attached hydrogen (secondary N) is 1. The molecule has 0 radical (unpaired) electrons. The normalized spacial score (nSPS) is 16.2. The molecule has 0 bridgehead atoms. The molecule has 0 aromatic heterocycles. The topological polar surface area (TPSA) is 57.4 Å². The SMILES string of the molecule is CC(COc1ccc(C=C2CN=C(NC#N)S2)cc1)c1ccccc1. The number of ether oxygens (including phenoxy) is 1. The molecule has 0 saturated carbocycles. The number of nitrogens with zero attached hydrogens (tertiary/aromatic N) is 2. The molecule has 0 fully saturated rings. The fourth-order valence-corrected chi connectivity index (χ4v) is 3.27. The van der Waals surface area contributed by atoms with Crippen LogP contribution in [0.3, 0.4) is 0 Å². The van der Waals surface area contributed by atoms with Crippen molar-refractivity contribution in [3.63, 3.8) is 0 Å². The van der Waals surface area contributed by atoms with E-state index in [4.69, 9.17) is 10.00 Å². The fraction of sp³-hybridized carbons (Fsp3) is 0.200. The Morgan fingerprint density at radius 2 is 2.00 bits per heavy atom. The van der Waals surface area contributed by atoms with Gasteiger partial charge in [0.25, 0.3) is 0 Å². The molecule has 0 saturated heterocycles. The molecule has 4 nitrogen and oxygen atoms in total. The van der Waals surface area contributed by atoms with Gasteiger partial charge in [-0.05, 0) is 29.3 Å². The van der Waals surface area contributed by atoms with E-state index in [9.17, 15) is 0 Å². The summed E-state index contributed by atoms with van der Waals surface area (Å²) in [6.45, 7) is 3.43. The van der Waals surface area contributed by atoms with Crippen LogP contribution >= 0.6 is 11.8 Å². The van der Waals surface area contributed by atoms with E-state index in [2.05, 4.69) is 47.6 Å². The molecule has 1 N–H and O–H groups in total. The van der Waals surface area contributed by atoms with E-state index in [0.717, 1.165) is 16.2 Å². The number of benzene rings is 2. The lowest BCUT2D eigenvalue weighted by Crippen LogP contribution is -2.10. The average Bonchev–Trinajstić information content (AvgIpc) is 3.09.